The molecule has 4 atom stereocenters. The van der Waals surface area contributed by atoms with E-state index in [4.69, 9.17) is 10.00 Å². The van der Waals surface area contributed by atoms with Crippen LogP contribution in [0.15, 0.2) is 0 Å². The molecule has 2 rings (SSSR count). The highest BCUT2D eigenvalue weighted by molar-refractivity contribution is 4.98. The molecule has 2 fully saturated rings. The van der Waals surface area contributed by atoms with E-state index in [1.54, 1.807) is 0 Å². The maximum atomic E-state index is 8.93. The first-order valence-electron chi connectivity index (χ1n) is 5.93. The molecule has 2 heterocycles. The van der Waals surface area contributed by atoms with Crippen molar-refractivity contribution >= 4 is 0 Å². The lowest BCUT2D eigenvalue weighted by Crippen LogP contribution is -2.55. The van der Waals surface area contributed by atoms with Crippen molar-refractivity contribution in [2.24, 2.45) is 23.7 Å². The zero-order valence-corrected chi connectivity index (χ0v) is 9.57. The number of fused-ring (bicyclic) bond motifs is 1. The first-order valence-corrected chi connectivity index (χ1v) is 5.93. The van der Waals surface area contributed by atoms with Gasteiger partial charge in [0.15, 0.2) is 0 Å². The normalized spacial score (nSPS) is 40.9. The largest absolute Gasteiger partial charge is 0.381 e. The quantitative estimate of drug-likeness (QED) is 0.708. The van der Waals surface area contributed by atoms with Crippen LogP contribution in [0, 0.1) is 35.0 Å². The fraction of sp³-hybridized carbons (Fsp3) is 0.917. The maximum absolute atomic E-state index is 8.93. The van der Waals surface area contributed by atoms with Crippen molar-refractivity contribution in [1.82, 2.24) is 5.32 Å². The Hall–Kier alpha value is -0.590. The second kappa shape index (κ2) is 4.51. The van der Waals surface area contributed by atoms with Crippen LogP contribution >= 0.6 is 0 Å². The minimum Gasteiger partial charge on any atom is -0.381 e. The van der Waals surface area contributed by atoms with Crippen LogP contribution in [0.2, 0.25) is 0 Å². The Morgan fingerprint density at radius 1 is 1.40 bits per heavy atom. The van der Waals surface area contributed by atoms with Gasteiger partial charge in [0.05, 0.1) is 25.2 Å². The summed E-state index contributed by atoms with van der Waals surface area (Å²) in [6.45, 7) is 7.09. The Bertz CT molecular complexity index is 259. The summed E-state index contributed by atoms with van der Waals surface area (Å²) < 4.78 is 5.66. The number of hydrogen-bond donors (Lipinski definition) is 1. The van der Waals surface area contributed by atoms with Crippen LogP contribution in [0.25, 0.3) is 0 Å². The third-order valence-electron chi connectivity index (χ3n) is 3.84. The topological polar surface area (TPSA) is 45.0 Å². The highest BCUT2D eigenvalue weighted by Gasteiger charge is 2.39. The van der Waals surface area contributed by atoms with Crippen molar-refractivity contribution in [2.75, 3.05) is 19.8 Å². The van der Waals surface area contributed by atoms with Crippen molar-refractivity contribution in [2.45, 2.75) is 26.3 Å². The van der Waals surface area contributed by atoms with E-state index in [1.807, 2.05) is 0 Å². The smallest absolute Gasteiger partial charge is 0.0669 e. The van der Waals surface area contributed by atoms with E-state index in [0.29, 0.717) is 23.8 Å². The van der Waals surface area contributed by atoms with Gasteiger partial charge in [-0.05, 0) is 18.3 Å². The number of piperidine rings is 1. The number of nitriles is 1. The third-order valence-corrected chi connectivity index (χ3v) is 3.84. The van der Waals surface area contributed by atoms with Gasteiger partial charge in [0, 0.05) is 18.5 Å². The van der Waals surface area contributed by atoms with Gasteiger partial charge in [-0.15, -0.1) is 0 Å². The summed E-state index contributed by atoms with van der Waals surface area (Å²) in [7, 11) is 0. The van der Waals surface area contributed by atoms with Crippen LogP contribution in [0.5, 0.6) is 0 Å². The molecule has 0 saturated carbocycles. The van der Waals surface area contributed by atoms with E-state index in [2.05, 4.69) is 25.2 Å². The van der Waals surface area contributed by atoms with Gasteiger partial charge in [-0.3, -0.25) is 0 Å². The molecule has 0 aromatic rings. The first-order chi connectivity index (χ1) is 7.22. The lowest BCUT2D eigenvalue weighted by atomic mass is 9.74. The number of nitrogens with zero attached hydrogens (tertiary/aromatic N) is 1. The number of rotatable bonds is 1. The van der Waals surface area contributed by atoms with E-state index in [0.717, 1.165) is 26.2 Å². The number of nitrogens with one attached hydrogen (secondary N) is 1. The van der Waals surface area contributed by atoms with Gasteiger partial charge in [-0.25, -0.2) is 0 Å². The molecule has 0 spiro atoms. The molecule has 1 N–H and O–H groups in total. The second-order valence-electron chi connectivity index (χ2n) is 5.20. The van der Waals surface area contributed by atoms with Crippen LogP contribution < -0.4 is 5.32 Å². The van der Waals surface area contributed by atoms with Crippen molar-refractivity contribution in [3.63, 3.8) is 0 Å². The van der Waals surface area contributed by atoms with Crippen molar-refractivity contribution in [3.8, 4) is 6.07 Å². The fourth-order valence-corrected chi connectivity index (χ4v) is 2.88. The highest BCUT2D eigenvalue weighted by atomic mass is 16.5. The average Bonchev–Trinajstić information content (AvgIpc) is 2.27. The number of hydrogen-bond acceptors (Lipinski definition) is 3. The fourth-order valence-electron chi connectivity index (χ4n) is 2.88. The van der Waals surface area contributed by atoms with Crippen LogP contribution in [-0.2, 0) is 4.74 Å². The summed E-state index contributed by atoms with van der Waals surface area (Å²) in [6.07, 6.45) is 1.01. The van der Waals surface area contributed by atoms with Gasteiger partial charge in [0.25, 0.3) is 0 Å². The minimum absolute atomic E-state index is 0.181. The van der Waals surface area contributed by atoms with Crippen LogP contribution in [-0.4, -0.2) is 25.8 Å². The van der Waals surface area contributed by atoms with E-state index < -0.39 is 0 Å². The monoisotopic (exact) mass is 208 g/mol. The molecule has 0 bridgehead atoms. The summed E-state index contributed by atoms with van der Waals surface area (Å²) in [4.78, 5) is 0. The molecule has 0 radical (unpaired) electrons. The summed E-state index contributed by atoms with van der Waals surface area (Å²) in [5, 5.41) is 12.5. The number of ether oxygens (including phenoxy) is 1. The maximum Gasteiger partial charge on any atom is 0.0669 e. The van der Waals surface area contributed by atoms with Crippen LogP contribution in [0.4, 0.5) is 0 Å². The summed E-state index contributed by atoms with van der Waals surface area (Å²) in [5.41, 5.74) is 0. The van der Waals surface area contributed by atoms with E-state index >= 15 is 0 Å². The van der Waals surface area contributed by atoms with Crippen molar-refractivity contribution < 1.29 is 4.74 Å². The lowest BCUT2D eigenvalue weighted by molar-refractivity contribution is -0.0428. The van der Waals surface area contributed by atoms with Crippen LogP contribution in [0.3, 0.4) is 0 Å². The Labute approximate surface area is 91.8 Å². The van der Waals surface area contributed by atoms with Gasteiger partial charge in [-0.1, -0.05) is 13.8 Å². The van der Waals surface area contributed by atoms with Gasteiger partial charge >= 0.3 is 0 Å². The van der Waals surface area contributed by atoms with Gasteiger partial charge < -0.3 is 10.1 Å². The molecule has 84 valence electrons. The van der Waals surface area contributed by atoms with Gasteiger partial charge in [-0.2, -0.15) is 5.26 Å². The van der Waals surface area contributed by atoms with Crippen LogP contribution in [0.1, 0.15) is 20.3 Å². The summed E-state index contributed by atoms with van der Waals surface area (Å²) in [6, 6.07) is 2.94. The molecule has 0 aromatic heterocycles. The molecule has 2 aliphatic heterocycles. The van der Waals surface area contributed by atoms with Gasteiger partial charge in [0.1, 0.15) is 0 Å². The molecule has 15 heavy (non-hydrogen) atoms. The van der Waals surface area contributed by atoms with Crippen molar-refractivity contribution in [1.29, 1.82) is 5.26 Å². The Morgan fingerprint density at radius 3 is 2.87 bits per heavy atom. The molecule has 2 aliphatic rings. The Kier molecular flexibility index (Phi) is 3.28. The molecule has 4 unspecified atom stereocenters. The molecular weight excluding hydrogens is 188 g/mol. The molecule has 0 amide bonds. The minimum atomic E-state index is 0.181. The predicted octanol–water partition coefficient (Wildman–Crippen LogP) is 1.41. The molecule has 0 aliphatic carbocycles. The summed E-state index contributed by atoms with van der Waals surface area (Å²) >= 11 is 0. The second-order valence-corrected chi connectivity index (χ2v) is 5.20. The molecule has 0 aromatic carbocycles. The molecule has 3 nitrogen and oxygen atoms in total. The molecular formula is C12H20N2O. The van der Waals surface area contributed by atoms with E-state index in [9.17, 15) is 0 Å². The Morgan fingerprint density at radius 2 is 2.20 bits per heavy atom. The lowest BCUT2D eigenvalue weighted by Gasteiger charge is -2.44. The standard InChI is InChI=1S/C12H20N2O/c1-8(2)11-7-15-6-10-3-9(4-13)5-14-12(10)11/h8-12,14H,3,5-7H2,1-2H3. The predicted molar refractivity (Wildman–Crippen MR) is 58.1 cm³/mol. The highest BCUT2D eigenvalue weighted by Crippen LogP contribution is 2.32. The zero-order chi connectivity index (χ0) is 10.8. The third kappa shape index (κ3) is 2.16. The van der Waals surface area contributed by atoms with Crippen molar-refractivity contribution in [3.05, 3.63) is 0 Å². The van der Waals surface area contributed by atoms with Gasteiger partial charge in [0.2, 0.25) is 0 Å². The summed E-state index contributed by atoms with van der Waals surface area (Å²) in [5.74, 6) is 2.00. The van der Waals surface area contributed by atoms with E-state index in [-0.39, 0.29) is 5.92 Å². The van der Waals surface area contributed by atoms with E-state index in [1.165, 1.54) is 0 Å². The SMILES string of the molecule is CC(C)C1COCC2CC(C#N)CNC21. The first kappa shape index (κ1) is 10.9. The zero-order valence-electron chi connectivity index (χ0n) is 9.57. The molecule has 3 heteroatoms. The molecule has 2 saturated heterocycles. The average molecular weight is 208 g/mol. The Balaban J connectivity index is 2.03.